The first-order valence-corrected chi connectivity index (χ1v) is 5.99. The van der Waals surface area contributed by atoms with Gasteiger partial charge in [-0.3, -0.25) is 0 Å². The van der Waals surface area contributed by atoms with Gasteiger partial charge in [-0.25, -0.2) is 0 Å². The molecule has 0 amide bonds. The van der Waals surface area contributed by atoms with E-state index in [1.165, 1.54) is 12.1 Å². The number of aliphatic hydroxyl groups excluding tert-OH is 1. The lowest BCUT2D eigenvalue weighted by molar-refractivity contribution is -0.389. The third-order valence-electron chi connectivity index (χ3n) is 3.21. The van der Waals surface area contributed by atoms with Crippen LogP contribution in [0.1, 0.15) is 18.6 Å². The Labute approximate surface area is 121 Å². The van der Waals surface area contributed by atoms with Crippen molar-refractivity contribution < 1.29 is 36.6 Å². The molecular formula is C12H11ClF6O2. The molecule has 1 rings (SSSR count). The number of aliphatic hydroxyl groups is 2. The Kier molecular flexibility index (Phi) is 4.87. The lowest BCUT2D eigenvalue weighted by atomic mass is 9.81. The number of benzene rings is 1. The molecule has 2 N–H and O–H groups in total. The van der Waals surface area contributed by atoms with Crippen LogP contribution in [0.4, 0.5) is 26.3 Å². The molecule has 0 spiro atoms. The summed E-state index contributed by atoms with van der Waals surface area (Å²) in [5, 5.41) is 19.1. The van der Waals surface area contributed by atoms with Crippen LogP contribution in [0.15, 0.2) is 24.3 Å². The third kappa shape index (κ3) is 3.27. The second kappa shape index (κ2) is 5.66. The zero-order chi connectivity index (χ0) is 16.6. The van der Waals surface area contributed by atoms with Crippen LogP contribution in [0.5, 0.6) is 0 Å². The van der Waals surface area contributed by atoms with Crippen LogP contribution in [0.25, 0.3) is 0 Å². The van der Waals surface area contributed by atoms with Crippen LogP contribution >= 0.6 is 11.6 Å². The summed E-state index contributed by atoms with van der Waals surface area (Å²) in [6.45, 7) is 0.472. The van der Waals surface area contributed by atoms with E-state index < -0.39 is 30.0 Å². The van der Waals surface area contributed by atoms with Gasteiger partial charge < -0.3 is 10.2 Å². The van der Waals surface area contributed by atoms with E-state index in [9.17, 15) is 36.6 Å². The second-order valence-corrected chi connectivity index (χ2v) is 4.98. The van der Waals surface area contributed by atoms with Gasteiger partial charge in [0.05, 0.1) is 6.10 Å². The van der Waals surface area contributed by atoms with Crippen molar-refractivity contribution in [2.24, 2.45) is 5.92 Å². The Hall–Kier alpha value is -0.990. The maximum atomic E-state index is 12.7. The smallest absolute Gasteiger partial charge is 0.388 e. The summed E-state index contributed by atoms with van der Waals surface area (Å²) >= 11 is 5.54. The van der Waals surface area contributed by atoms with E-state index in [1.54, 1.807) is 0 Å². The van der Waals surface area contributed by atoms with Crippen molar-refractivity contribution >= 4 is 11.6 Å². The van der Waals surface area contributed by atoms with E-state index in [1.807, 2.05) is 0 Å². The Bertz CT molecular complexity index is 468. The van der Waals surface area contributed by atoms with E-state index >= 15 is 0 Å². The molecule has 1 aromatic rings. The molecule has 0 saturated carbocycles. The van der Waals surface area contributed by atoms with Crippen molar-refractivity contribution in [2.75, 3.05) is 0 Å². The quantitative estimate of drug-likeness (QED) is 0.823. The molecule has 0 aliphatic carbocycles. The summed E-state index contributed by atoms with van der Waals surface area (Å²) in [6, 6.07) is 4.56. The Morgan fingerprint density at radius 3 is 1.67 bits per heavy atom. The Morgan fingerprint density at radius 1 is 0.952 bits per heavy atom. The minimum Gasteiger partial charge on any atom is -0.388 e. The van der Waals surface area contributed by atoms with Crippen LogP contribution in [0.3, 0.4) is 0 Å². The summed E-state index contributed by atoms with van der Waals surface area (Å²) < 4.78 is 76.1. The van der Waals surface area contributed by atoms with Gasteiger partial charge in [-0.05, 0) is 17.7 Å². The van der Waals surface area contributed by atoms with Crippen LogP contribution in [0.2, 0.25) is 5.02 Å². The molecule has 1 aromatic carbocycles. The average Bonchev–Trinajstić information content (AvgIpc) is 2.34. The van der Waals surface area contributed by atoms with E-state index in [0.717, 1.165) is 12.1 Å². The molecule has 0 aliphatic rings. The van der Waals surface area contributed by atoms with Crippen molar-refractivity contribution in [2.45, 2.75) is 31.0 Å². The fourth-order valence-corrected chi connectivity index (χ4v) is 1.98. The highest BCUT2D eigenvalue weighted by Crippen LogP contribution is 2.50. The fourth-order valence-electron chi connectivity index (χ4n) is 1.85. The highest BCUT2D eigenvalue weighted by atomic mass is 35.5. The van der Waals surface area contributed by atoms with Gasteiger partial charge in [0.1, 0.15) is 0 Å². The van der Waals surface area contributed by atoms with Crippen LogP contribution < -0.4 is 0 Å². The molecule has 0 unspecified atom stereocenters. The lowest BCUT2D eigenvalue weighted by Gasteiger charge is -2.39. The standard InChI is InChI=1S/C12H11ClF6O2/c1-6(9(20)7-2-4-8(13)5-3-7)10(21,11(14,15)16)12(17,18)19/h2-6,9,20-21H,1H3/t6-,9-/m0/s1. The molecular weight excluding hydrogens is 326 g/mol. The number of halogens is 7. The first-order valence-electron chi connectivity index (χ1n) is 5.61. The molecule has 0 bridgehead atoms. The molecule has 0 heterocycles. The molecule has 0 radical (unpaired) electrons. The predicted octanol–water partition coefficient (Wildman–Crippen LogP) is 3.87. The van der Waals surface area contributed by atoms with E-state index in [-0.39, 0.29) is 10.6 Å². The maximum absolute atomic E-state index is 12.7. The number of hydrogen-bond acceptors (Lipinski definition) is 2. The van der Waals surface area contributed by atoms with Crippen LogP contribution in [-0.4, -0.2) is 28.2 Å². The van der Waals surface area contributed by atoms with Crippen LogP contribution in [-0.2, 0) is 0 Å². The van der Waals surface area contributed by atoms with E-state index in [0.29, 0.717) is 6.92 Å². The molecule has 21 heavy (non-hydrogen) atoms. The van der Waals surface area contributed by atoms with Gasteiger partial charge >= 0.3 is 12.4 Å². The fraction of sp³-hybridized carbons (Fsp3) is 0.500. The zero-order valence-corrected chi connectivity index (χ0v) is 11.3. The first kappa shape index (κ1) is 18.1. The largest absolute Gasteiger partial charge is 0.426 e. The van der Waals surface area contributed by atoms with Gasteiger partial charge in [0.25, 0.3) is 5.60 Å². The molecule has 0 aliphatic heterocycles. The number of alkyl halides is 6. The summed E-state index contributed by atoms with van der Waals surface area (Å²) in [4.78, 5) is 0. The van der Waals surface area contributed by atoms with Gasteiger partial charge in [-0.15, -0.1) is 0 Å². The molecule has 0 fully saturated rings. The van der Waals surface area contributed by atoms with Gasteiger partial charge in [0.15, 0.2) is 0 Å². The van der Waals surface area contributed by atoms with Crippen LogP contribution in [0, 0.1) is 5.92 Å². The first-order chi connectivity index (χ1) is 9.32. The summed E-state index contributed by atoms with van der Waals surface area (Å²) in [5.41, 5.74) is -5.25. The van der Waals surface area contributed by atoms with Gasteiger partial charge in [0.2, 0.25) is 0 Å². The van der Waals surface area contributed by atoms with Gasteiger partial charge in [-0.1, -0.05) is 30.7 Å². The molecule has 9 heteroatoms. The SMILES string of the molecule is C[C@@H]([C@H](O)c1ccc(Cl)cc1)C(O)(C(F)(F)F)C(F)(F)F. The van der Waals surface area contributed by atoms with Crippen molar-refractivity contribution in [3.63, 3.8) is 0 Å². The second-order valence-electron chi connectivity index (χ2n) is 4.55. The lowest BCUT2D eigenvalue weighted by Crippen LogP contribution is -2.62. The van der Waals surface area contributed by atoms with Crippen molar-refractivity contribution in [1.82, 2.24) is 0 Å². The maximum Gasteiger partial charge on any atom is 0.426 e. The number of rotatable bonds is 3. The zero-order valence-electron chi connectivity index (χ0n) is 10.5. The highest BCUT2D eigenvalue weighted by Gasteiger charge is 2.73. The van der Waals surface area contributed by atoms with Gasteiger partial charge in [0, 0.05) is 10.9 Å². The molecule has 0 aromatic heterocycles. The van der Waals surface area contributed by atoms with Crippen molar-refractivity contribution in [1.29, 1.82) is 0 Å². The average molecular weight is 337 g/mol. The van der Waals surface area contributed by atoms with Crippen molar-refractivity contribution in [3.05, 3.63) is 34.9 Å². The Balaban J connectivity index is 3.24. The minimum absolute atomic E-state index is 0.195. The monoisotopic (exact) mass is 336 g/mol. The topological polar surface area (TPSA) is 40.5 Å². The molecule has 0 saturated heterocycles. The molecule has 2 atom stereocenters. The number of hydrogen-bond donors (Lipinski definition) is 2. The highest BCUT2D eigenvalue weighted by molar-refractivity contribution is 6.30. The van der Waals surface area contributed by atoms with E-state index in [2.05, 4.69) is 0 Å². The minimum atomic E-state index is -5.99. The summed E-state index contributed by atoms with van der Waals surface area (Å²) in [6.07, 6.45) is -14.2. The molecule has 120 valence electrons. The Morgan fingerprint density at radius 2 is 1.33 bits per heavy atom. The van der Waals surface area contributed by atoms with E-state index in [4.69, 9.17) is 11.6 Å². The van der Waals surface area contributed by atoms with Gasteiger partial charge in [-0.2, -0.15) is 26.3 Å². The summed E-state index contributed by atoms with van der Waals surface area (Å²) in [7, 11) is 0. The summed E-state index contributed by atoms with van der Waals surface area (Å²) in [5.74, 6) is -2.57. The normalized spacial score (nSPS) is 16.7. The van der Waals surface area contributed by atoms with Crippen molar-refractivity contribution in [3.8, 4) is 0 Å². The third-order valence-corrected chi connectivity index (χ3v) is 3.46. The predicted molar refractivity (Wildman–Crippen MR) is 62.6 cm³/mol. The molecule has 2 nitrogen and oxygen atoms in total.